The maximum atomic E-state index is 12.8. The van der Waals surface area contributed by atoms with Crippen LogP contribution in [0.25, 0.3) is 0 Å². The van der Waals surface area contributed by atoms with Crippen molar-refractivity contribution >= 4 is 16.0 Å². The standard InChI is InChI=1S/C11H10F3NO4S/c12-11(13,14)9-5-7(3-4-8(9)10(16)17)20(18,19)15-6-1-2-6/h3-6,15H,1-2H2,(H,16,17). The van der Waals surface area contributed by atoms with E-state index in [4.69, 9.17) is 5.11 Å². The average molecular weight is 309 g/mol. The van der Waals surface area contributed by atoms with Crippen LogP contribution in [0.2, 0.25) is 0 Å². The summed E-state index contributed by atoms with van der Waals surface area (Å²) in [5.74, 6) is -1.77. The number of halogens is 3. The lowest BCUT2D eigenvalue weighted by atomic mass is 10.1. The minimum absolute atomic E-state index is 0.256. The highest BCUT2D eigenvalue weighted by Crippen LogP contribution is 2.34. The molecule has 1 aromatic rings. The van der Waals surface area contributed by atoms with Gasteiger partial charge in [-0.15, -0.1) is 0 Å². The Balaban J connectivity index is 2.49. The summed E-state index contributed by atoms with van der Waals surface area (Å²) in [6.45, 7) is 0. The Morgan fingerprint density at radius 1 is 1.30 bits per heavy atom. The molecule has 0 unspecified atom stereocenters. The molecule has 1 fully saturated rings. The lowest BCUT2D eigenvalue weighted by molar-refractivity contribution is -0.138. The zero-order chi connectivity index (χ0) is 15.1. The van der Waals surface area contributed by atoms with Crippen LogP contribution in [0.3, 0.4) is 0 Å². The number of carboxylic acid groups (broad SMARTS) is 1. The number of carboxylic acids is 1. The van der Waals surface area contributed by atoms with Crippen molar-refractivity contribution in [3.05, 3.63) is 29.3 Å². The average Bonchev–Trinajstić information content (AvgIpc) is 3.10. The molecule has 1 saturated carbocycles. The van der Waals surface area contributed by atoms with Gasteiger partial charge in [-0.05, 0) is 31.0 Å². The van der Waals surface area contributed by atoms with E-state index in [0.29, 0.717) is 25.0 Å². The fraction of sp³-hybridized carbons (Fsp3) is 0.364. The third-order valence-corrected chi connectivity index (χ3v) is 4.25. The molecular weight excluding hydrogens is 299 g/mol. The summed E-state index contributed by atoms with van der Waals surface area (Å²) in [5, 5.41) is 8.71. The van der Waals surface area contributed by atoms with Crippen molar-refractivity contribution in [2.75, 3.05) is 0 Å². The van der Waals surface area contributed by atoms with E-state index in [1.807, 2.05) is 0 Å². The first-order valence-corrected chi connectivity index (χ1v) is 7.06. The second-order valence-electron chi connectivity index (χ2n) is 4.41. The lowest BCUT2D eigenvalue weighted by Crippen LogP contribution is -2.26. The molecule has 2 N–H and O–H groups in total. The van der Waals surface area contributed by atoms with Crippen LogP contribution >= 0.6 is 0 Å². The second-order valence-corrected chi connectivity index (χ2v) is 6.12. The van der Waals surface area contributed by atoms with E-state index < -0.39 is 38.2 Å². The molecule has 9 heteroatoms. The van der Waals surface area contributed by atoms with Crippen molar-refractivity contribution in [1.29, 1.82) is 0 Å². The Labute approximate surface area is 112 Å². The first-order valence-electron chi connectivity index (χ1n) is 5.58. The molecule has 0 aromatic heterocycles. The molecule has 1 aromatic carbocycles. The molecule has 0 saturated heterocycles. The molecule has 110 valence electrons. The fourth-order valence-corrected chi connectivity index (χ4v) is 2.93. The Morgan fingerprint density at radius 2 is 1.90 bits per heavy atom. The second kappa shape index (κ2) is 4.74. The van der Waals surface area contributed by atoms with Crippen molar-refractivity contribution < 1.29 is 31.5 Å². The van der Waals surface area contributed by atoms with Gasteiger partial charge in [-0.1, -0.05) is 0 Å². The summed E-state index contributed by atoms with van der Waals surface area (Å²) in [6, 6.07) is 1.58. The number of nitrogens with one attached hydrogen (secondary N) is 1. The number of alkyl halides is 3. The largest absolute Gasteiger partial charge is 0.478 e. The minimum atomic E-state index is -4.95. The molecule has 0 atom stereocenters. The van der Waals surface area contributed by atoms with E-state index in [1.54, 1.807) is 0 Å². The van der Waals surface area contributed by atoms with Gasteiger partial charge in [0.05, 0.1) is 16.0 Å². The molecule has 1 aliphatic carbocycles. The van der Waals surface area contributed by atoms with Gasteiger partial charge in [0, 0.05) is 6.04 Å². The van der Waals surface area contributed by atoms with E-state index in [-0.39, 0.29) is 6.04 Å². The van der Waals surface area contributed by atoms with E-state index >= 15 is 0 Å². The maximum Gasteiger partial charge on any atom is 0.417 e. The summed E-state index contributed by atoms with van der Waals surface area (Å²) >= 11 is 0. The van der Waals surface area contributed by atoms with Gasteiger partial charge in [0.2, 0.25) is 10.0 Å². The Hall–Kier alpha value is -1.61. The van der Waals surface area contributed by atoms with Crippen LogP contribution in [0.5, 0.6) is 0 Å². The first-order chi connectivity index (χ1) is 9.11. The molecule has 0 heterocycles. The molecule has 5 nitrogen and oxygen atoms in total. The van der Waals surface area contributed by atoms with Gasteiger partial charge in [0.25, 0.3) is 0 Å². The van der Waals surface area contributed by atoms with E-state index in [0.717, 1.165) is 6.07 Å². The van der Waals surface area contributed by atoms with E-state index in [1.165, 1.54) is 0 Å². The third kappa shape index (κ3) is 3.10. The van der Waals surface area contributed by atoms with Crippen LogP contribution in [0.15, 0.2) is 23.1 Å². The predicted octanol–water partition coefficient (Wildman–Crippen LogP) is 1.84. The number of rotatable bonds is 4. The van der Waals surface area contributed by atoms with Crippen LogP contribution < -0.4 is 4.72 Å². The highest BCUT2D eigenvalue weighted by molar-refractivity contribution is 7.89. The predicted molar refractivity (Wildman–Crippen MR) is 61.7 cm³/mol. The summed E-state index contributed by atoms with van der Waals surface area (Å²) in [6.07, 6.45) is -3.67. The van der Waals surface area contributed by atoms with Gasteiger partial charge >= 0.3 is 12.1 Å². The molecule has 1 aliphatic rings. The van der Waals surface area contributed by atoms with Crippen molar-refractivity contribution in [2.24, 2.45) is 0 Å². The fourth-order valence-electron chi connectivity index (χ4n) is 1.60. The number of hydrogen-bond donors (Lipinski definition) is 2. The summed E-state index contributed by atoms with van der Waals surface area (Å²) < 4.78 is 64.2. The van der Waals surface area contributed by atoms with Gasteiger partial charge in [0.15, 0.2) is 0 Å². The van der Waals surface area contributed by atoms with Gasteiger partial charge < -0.3 is 5.11 Å². The van der Waals surface area contributed by atoms with Crippen LogP contribution in [0.4, 0.5) is 13.2 Å². The van der Waals surface area contributed by atoms with Gasteiger partial charge in [-0.3, -0.25) is 0 Å². The highest BCUT2D eigenvalue weighted by Gasteiger charge is 2.37. The first kappa shape index (κ1) is 14.8. The van der Waals surface area contributed by atoms with Crippen molar-refractivity contribution in [2.45, 2.75) is 30.0 Å². The quantitative estimate of drug-likeness (QED) is 0.889. The normalized spacial score (nSPS) is 16.1. The monoisotopic (exact) mass is 309 g/mol. The SMILES string of the molecule is O=C(O)c1ccc(S(=O)(=O)NC2CC2)cc1C(F)(F)F. The lowest BCUT2D eigenvalue weighted by Gasteiger charge is -2.12. The number of aromatic carboxylic acids is 1. The topological polar surface area (TPSA) is 83.5 Å². The molecule has 0 aliphatic heterocycles. The van der Waals surface area contributed by atoms with Crippen LogP contribution in [-0.2, 0) is 16.2 Å². The number of carbonyl (C=O) groups is 1. The van der Waals surface area contributed by atoms with Crippen LogP contribution in [0, 0.1) is 0 Å². The zero-order valence-electron chi connectivity index (χ0n) is 9.94. The van der Waals surface area contributed by atoms with Crippen molar-refractivity contribution in [1.82, 2.24) is 4.72 Å². The summed E-state index contributed by atoms with van der Waals surface area (Å²) in [5.41, 5.74) is -2.47. The number of sulfonamides is 1. The van der Waals surface area contributed by atoms with Gasteiger partial charge in [-0.25, -0.2) is 17.9 Å². The van der Waals surface area contributed by atoms with E-state index in [9.17, 15) is 26.4 Å². The van der Waals surface area contributed by atoms with Crippen LogP contribution in [-0.4, -0.2) is 25.5 Å². The third-order valence-electron chi connectivity index (χ3n) is 2.74. The van der Waals surface area contributed by atoms with Gasteiger partial charge in [0.1, 0.15) is 0 Å². The highest BCUT2D eigenvalue weighted by atomic mass is 32.2. The number of hydrogen-bond acceptors (Lipinski definition) is 3. The van der Waals surface area contributed by atoms with Gasteiger partial charge in [-0.2, -0.15) is 13.2 Å². The number of benzene rings is 1. The molecule has 0 spiro atoms. The van der Waals surface area contributed by atoms with Crippen molar-refractivity contribution in [3.63, 3.8) is 0 Å². The smallest absolute Gasteiger partial charge is 0.417 e. The zero-order valence-corrected chi connectivity index (χ0v) is 10.8. The molecule has 0 radical (unpaired) electrons. The molecule has 20 heavy (non-hydrogen) atoms. The molecule has 2 rings (SSSR count). The Morgan fingerprint density at radius 3 is 2.35 bits per heavy atom. The molecule has 0 amide bonds. The molecular formula is C11H10F3NO4S. The Bertz CT molecular complexity index is 650. The van der Waals surface area contributed by atoms with Crippen molar-refractivity contribution in [3.8, 4) is 0 Å². The summed E-state index contributed by atoms with van der Waals surface area (Å²) in [4.78, 5) is 10.2. The maximum absolute atomic E-state index is 12.8. The minimum Gasteiger partial charge on any atom is -0.478 e. The molecule has 0 bridgehead atoms. The van der Waals surface area contributed by atoms with E-state index in [2.05, 4.69) is 4.72 Å². The Kier molecular flexibility index (Phi) is 3.51. The van der Waals surface area contributed by atoms with Crippen LogP contribution in [0.1, 0.15) is 28.8 Å². The summed E-state index contributed by atoms with van der Waals surface area (Å²) in [7, 11) is -4.07.